The second-order valence-corrected chi connectivity index (χ2v) is 16.0. The minimum Gasteiger partial charge on any atom is -0.497 e. The zero-order valence-corrected chi connectivity index (χ0v) is 34.5. The first kappa shape index (κ1) is 42.0. The fourth-order valence-corrected chi connectivity index (χ4v) is 9.26. The number of hydrogen-bond donors (Lipinski definition) is 1. The van der Waals surface area contributed by atoms with Gasteiger partial charge < -0.3 is 28.0 Å². The van der Waals surface area contributed by atoms with E-state index in [9.17, 15) is 14.9 Å². The number of nitriles is 1. The first-order valence-electron chi connectivity index (χ1n) is 18.8. The average molecular weight is 815 g/mol. The van der Waals surface area contributed by atoms with Gasteiger partial charge in [0.1, 0.15) is 29.4 Å². The van der Waals surface area contributed by atoms with Gasteiger partial charge in [0.2, 0.25) is 0 Å². The van der Waals surface area contributed by atoms with Gasteiger partial charge in [0, 0.05) is 23.5 Å². The van der Waals surface area contributed by atoms with Gasteiger partial charge in [-0.15, -0.1) is 0 Å². The van der Waals surface area contributed by atoms with Gasteiger partial charge in [0.05, 0.1) is 56.9 Å². The van der Waals surface area contributed by atoms with Crippen molar-refractivity contribution in [3.05, 3.63) is 140 Å². The summed E-state index contributed by atoms with van der Waals surface area (Å²) in [5, 5.41) is 9.97. The third-order valence-corrected chi connectivity index (χ3v) is 12.3. The van der Waals surface area contributed by atoms with Gasteiger partial charge in [-0.2, -0.15) is 5.26 Å². The molecule has 0 saturated carbocycles. The highest BCUT2D eigenvalue weighted by atomic mass is 35.5. The Balaban J connectivity index is 1.47. The highest BCUT2D eigenvalue weighted by Gasteiger charge is 2.45. The molecule has 1 aliphatic rings. The Kier molecular flexibility index (Phi) is 13.9. The van der Waals surface area contributed by atoms with Crippen molar-refractivity contribution in [1.29, 1.82) is 5.26 Å². The van der Waals surface area contributed by atoms with Crippen molar-refractivity contribution in [2.24, 2.45) is 0 Å². The van der Waals surface area contributed by atoms with Crippen molar-refractivity contribution in [3.8, 4) is 17.6 Å². The summed E-state index contributed by atoms with van der Waals surface area (Å²) < 4.78 is 42.0. The number of hydrogen-bond acceptors (Lipinski definition) is 10. The van der Waals surface area contributed by atoms with Crippen LogP contribution >= 0.6 is 20.1 Å². The van der Waals surface area contributed by atoms with Crippen LogP contribution < -0.4 is 20.7 Å². The molecule has 57 heavy (non-hydrogen) atoms. The number of aromatic amines is 1. The lowest BCUT2D eigenvalue weighted by Crippen LogP contribution is -2.39. The van der Waals surface area contributed by atoms with E-state index in [0.717, 1.165) is 16.7 Å². The first-order chi connectivity index (χ1) is 27.5. The maximum Gasteiger partial charge on any atom is 0.330 e. The fraction of sp³-hybridized carbons (Fsp3) is 0.372. The maximum absolute atomic E-state index is 13.6. The van der Waals surface area contributed by atoms with E-state index < -0.39 is 43.8 Å². The number of aromatic nitrogens is 2. The SMILES string of the molecule is COc1ccc(C(OC[C@H]2O[C@@H](n3c(=O)[nH]c(=O)c4cc(Cl)ccc43)C[C@@H]2OP(OCCC#N)N(C(C)C)C(C)C)(c2ccccc2)c2ccc(OC)cc2)cc1. The van der Waals surface area contributed by atoms with Crippen LogP contribution in [0.1, 0.15) is 63.5 Å². The summed E-state index contributed by atoms with van der Waals surface area (Å²) in [6.45, 7) is 8.44. The normalized spacial score (nSPS) is 17.7. The summed E-state index contributed by atoms with van der Waals surface area (Å²) in [6.07, 6.45) is -1.88. The molecule has 1 saturated heterocycles. The highest BCUT2D eigenvalue weighted by molar-refractivity contribution is 7.44. The molecule has 1 aromatic heterocycles. The van der Waals surface area contributed by atoms with E-state index in [1.165, 1.54) is 10.6 Å². The molecule has 0 spiro atoms. The van der Waals surface area contributed by atoms with Crippen LogP contribution in [0.5, 0.6) is 11.5 Å². The molecule has 4 atom stereocenters. The van der Waals surface area contributed by atoms with Gasteiger partial charge in [-0.3, -0.25) is 14.3 Å². The topological polar surface area (TPSA) is 137 Å². The van der Waals surface area contributed by atoms with Gasteiger partial charge in [0.15, 0.2) is 0 Å². The van der Waals surface area contributed by atoms with Gasteiger partial charge in [-0.05, 0) is 86.8 Å². The standard InChI is InChI=1S/C43H48ClN4O8P/c1-28(2)48(29(3)4)57(54-24-10-23-45)56-38-26-40(47-37-22-17-33(44)25-36(37)41(49)46-42(47)50)55-39(38)27-53-43(30-11-8-7-9-12-30,31-13-18-34(51-5)19-14-31)32-15-20-35(52-6)21-16-32/h7-9,11-22,25,28-29,38-40H,10,24,26-27H2,1-6H3,(H,46,49,50)/t38-,39+,40+,57?/m0/s1. The summed E-state index contributed by atoms with van der Waals surface area (Å²) in [4.78, 5) is 29.0. The van der Waals surface area contributed by atoms with Gasteiger partial charge >= 0.3 is 5.69 Å². The number of methoxy groups -OCH3 is 2. The summed E-state index contributed by atoms with van der Waals surface area (Å²) in [5.74, 6) is 1.38. The molecule has 14 heteroatoms. The third kappa shape index (κ3) is 9.11. The lowest BCUT2D eigenvalue weighted by molar-refractivity contribution is -0.0917. The van der Waals surface area contributed by atoms with E-state index in [0.29, 0.717) is 22.0 Å². The third-order valence-electron chi connectivity index (χ3n) is 9.90. The quantitative estimate of drug-likeness (QED) is 0.0554. The molecule has 5 aromatic rings. The Morgan fingerprint density at radius 3 is 2.07 bits per heavy atom. The Hall–Kier alpha value is -4.57. The van der Waals surface area contributed by atoms with Crippen LogP contribution in [0.2, 0.25) is 5.02 Å². The monoisotopic (exact) mass is 814 g/mol. The van der Waals surface area contributed by atoms with E-state index in [-0.39, 0.29) is 43.5 Å². The first-order valence-corrected chi connectivity index (χ1v) is 20.3. The molecule has 6 rings (SSSR count). The molecule has 1 unspecified atom stereocenters. The van der Waals surface area contributed by atoms with E-state index in [2.05, 4.69) is 43.4 Å². The van der Waals surface area contributed by atoms with Gasteiger partial charge in [0.25, 0.3) is 14.1 Å². The molecule has 0 amide bonds. The van der Waals surface area contributed by atoms with E-state index in [4.69, 9.17) is 39.6 Å². The fourth-order valence-electron chi connectivity index (χ4n) is 7.33. The van der Waals surface area contributed by atoms with Crippen molar-refractivity contribution >= 4 is 31.0 Å². The number of benzene rings is 4. The minimum atomic E-state index is -1.72. The Morgan fingerprint density at radius 1 is 0.912 bits per heavy atom. The molecular formula is C43H48ClN4O8P. The van der Waals surface area contributed by atoms with E-state index in [1.807, 2.05) is 78.9 Å². The summed E-state index contributed by atoms with van der Waals surface area (Å²) in [5.41, 5.74) is 0.546. The van der Waals surface area contributed by atoms with E-state index in [1.54, 1.807) is 26.4 Å². The summed E-state index contributed by atoms with van der Waals surface area (Å²) in [6, 6.07) is 32.4. The summed E-state index contributed by atoms with van der Waals surface area (Å²) in [7, 11) is 1.53. The zero-order valence-electron chi connectivity index (χ0n) is 32.9. The molecule has 0 bridgehead atoms. The van der Waals surface area contributed by atoms with Crippen LogP contribution in [-0.2, 0) is 24.1 Å². The Morgan fingerprint density at radius 2 is 1.51 bits per heavy atom. The number of fused-ring (bicyclic) bond motifs is 1. The molecule has 0 radical (unpaired) electrons. The lowest BCUT2D eigenvalue weighted by Gasteiger charge is -2.39. The van der Waals surface area contributed by atoms with Crippen LogP contribution in [0.3, 0.4) is 0 Å². The van der Waals surface area contributed by atoms with Crippen LogP contribution in [0.25, 0.3) is 10.9 Å². The van der Waals surface area contributed by atoms with Crippen molar-refractivity contribution in [3.63, 3.8) is 0 Å². The number of halogens is 1. The molecular weight excluding hydrogens is 767 g/mol. The Labute approximate surface area is 338 Å². The smallest absolute Gasteiger partial charge is 0.330 e. The predicted molar refractivity (Wildman–Crippen MR) is 221 cm³/mol. The number of ether oxygens (including phenoxy) is 4. The predicted octanol–water partition coefficient (Wildman–Crippen LogP) is 8.32. The van der Waals surface area contributed by atoms with Crippen LogP contribution in [0.15, 0.2) is 107 Å². The van der Waals surface area contributed by atoms with Crippen molar-refractivity contribution in [1.82, 2.24) is 14.2 Å². The van der Waals surface area contributed by atoms with Gasteiger partial charge in [-0.1, -0.05) is 66.2 Å². The Bertz CT molecular complexity index is 2210. The average Bonchev–Trinajstić information content (AvgIpc) is 3.60. The molecule has 2 heterocycles. The number of nitrogens with one attached hydrogen (secondary N) is 1. The molecule has 1 N–H and O–H groups in total. The minimum absolute atomic E-state index is 0.000704. The molecule has 4 aromatic carbocycles. The molecule has 300 valence electrons. The van der Waals surface area contributed by atoms with E-state index >= 15 is 0 Å². The summed E-state index contributed by atoms with van der Waals surface area (Å²) >= 11 is 6.29. The molecule has 1 fully saturated rings. The van der Waals surface area contributed by atoms with Gasteiger partial charge in [-0.25, -0.2) is 9.46 Å². The van der Waals surface area contributed by atoms with Crippen LogP contribution in [0.4, 0.5) is 0 Å². The highest BCUT2D eigenvalue weighted by Crippen LogP contribution is 2.51. The molecule has 1 aliphatic heterocycles. The van der Waals surface area contributed by atoms with Crippen LogP contribution in [0, 0.1) is 11.3 Å². The van der Waals surface area contributed by atoms with Crippen molar-refractivity contribution in [2.75, 3.05) is 27.4 Å². The lowest BCUT2D eigenvalue weighted by atomic mass is 9.80. The largest absolute Gasteiger partial charge is 0.497 e. The van der Waals surface area contributed by atoms with Crippen molar-refractivity contribution in [2.45, 2.75) is 76.7 Å². The maximum atomic E-state index is 13.6. The zero-order chi connectivity index (χ0) is 40.7. The van der Waals surface area contributed by atoms with Crippen LogP contribution in [-0.4, -0.2) is 65.9 Å². The number of nitrogens with zero attached hydrogens (tertiary/aromatic N) is 3. The second-order valence-electron chi connectivity index (χ2n) is 14.2. The number of H-pyrrole nitrogens is 1. The van der Waals surface area contributed by atoms with Crippen molar-refractivity contribution < 1.29 is 28.0 Å². The molecule has 12 nitrogen and oxygen atoms in total. The molecule has 0 aliphatic carbocycles. The second kappa shape index (κ2) is 18.8. The number of rotatable bonds is 17.